The number of likely N-dealkylation sites (tertiary alicyclic amines) is 1. The second-order valence-electron chi connectivity index (χ2n) is 8.47. The number of carbonyl (C=O) groups is 1. The molecule has 0 unspecified atom stereocenters. The van der Waals surface area contributed by atoms with Crippen LogP contribution in [0.3, 0.4) is 0 Å². The Labute approximate surface area is 195 Å². The van der Waals surface area contributed by atoms with Crippen LogP contribution < -0.4 is 15.7 Å². The minimum atomic E-state index is -1.03. The van der Waals surface area contributed by atoms with Gasteiger partial charge in [0.05, 0.1) is 33.1 Å². The van der Waals surface area contributed by atoms with Crippen LogP contribution in [0.1, 0.15) is 48.7 Å². The van der Waals surface area contributed by atoms with Gasteiger partial charge < -0.3 is 24.0 Å². The predicted molar refractivity (Wildman–Crippen MR) is 125 cm³/mol. The van der Waals surface area contributed by atoms with Gasteiger partial charge in [0.15, 0.2) is 5.76 Å². The number of aromatic hydroxyl groups is 1. The third-order valence-corrected chi connectivity index (χ3v) is 6.20. The molecule has 0 radical (unpaired) electrons. The molecule has 4 rings (SSSR count). The first kappa shape index (κ1) is 23.6. The Bertz CT molecular complexity index is 1300. The van der Waals surface area contributed by atoms with E-state index >= 15 is 0 Å². The molecule has 2 N–H and O–H groups in total. The van der Waals surface area contributed by atoms with Gasteiger partial charge in [-0.15, -0.1) is 0 Å². The predicted octanol–water partition coefficient (Wildman–Crippen LogP) is 2.88. The van der Waals surface area contributed by atoms with Crippen molar-refractivity contribution in [3.63, 3.8) is 0 Å². The van der Waals surface area contributed by atoms with E-state index in [0.717, 1.165) is 32.4 Å². The van der Waals surface area contributed by atoms with Crippen molar-refractivity contribution < 1.29 is 23.8 Å². The standard InChI is InChI=1S/C25H28N2O7/c1-32-16-6-7-20-15(10-16)11-19(25(31)26-20)18(13-22(29)33-2)24-23(30)21(28)12-17(34-24)14-27-8-4-3-5-9-27/h6-7,10-12,18,30H,3-5,8-9,13-14H2,1-2H3,(H,26,31)/t18-/m1/s1. The van der Waals surface area contributed by atoms with Gasteiger partial charge in [0, 0.05) is 22.5 Å². The molecule has 1 aromatic carbocycles. The Morgan fingerprint density at radius 1 is 1.15 bits per heavy atom. The number of nitrogens with one attached hydrogen (secondary N) is 1. The highest BCUT2D eigenvalue weighted by Crippen LogP contribution is 2.33. The second kappa shape index (κ2) is 10.1. The molecule has 3 aromatic rings. The topological polar surface area (TPSA) is 122 Å². The number of rotatable bonds is 7. The number of hydrogen-bond acceptors (Lipinski definition) is 8. The molecule has 1 atom stereocenters. The van der Waals surface area contributed by atoms with Crippen molar-refractivity contribution >= 4 is 16.9 Å². The summed E-state index contributed by atoms with van der Waals surface area (Å²) in [4.78, 5) is 42.9. The van der Waals surface area contributed by atoms with Crippen LogP contribution in [0.25, 0.3) is 10.9 Å². The fraction of sp³-hybridized carbons (Fsp3) is 0.400. The first-order valence-corrected chi connectivity index (χ1v) is 11.3. The Balaban J connectivity index is 1.83. The zero-order chi connectivity index (χ0) is 24.2. The molecular weight excluding hydrogens is 440 g/mol. The molecule has 34 heavy (non-hydrogen) atoms. The number of fused-ring (bicyclic) bond motifs is 1. The van der Waals surface area contributed by atoms with Crippen molar-refractivity contribution in [1.29, 1.82) is 0 Å². The normalized spacial score (nSPS) is 15.2. The third kappa shape index (κ3) is 4.99. The number of hydrogen-bond donors (Lipinski definition) is 2. The zero-order valence-electron chi connectivity index (χ0n) is 19.3. The van der Waals surface area contributed by atoms with Crippen molar-refractivity contribution in [3.8, 4) is 11.5 Å². The monoisotopic (exact) mass is 468 g/mol. The number of aromatic amines is 1. The number of methoxy groups -OCH3 is 2. The molecule has 0 amide bonds. The molecule has 1 aliphatic rings. The van der Waals surface area contributed by atoms with Crippen LogP contribution >= 0.6 is 0 Å². The van der Waals surface area contributed by atoms with Crippen LogP contribution in [-0.4, -0.2) is 48.3 Å². The summed E-state index contributed by atoms with van der Waals surface area (Å²) in [6.07, 6.45) is 3.00. The minimum Gasteiger partial charge on any atom is -0.502 e. The van der Waals surface area contributed by atoms with Gasteiger partial charge >= 0.3 is 5.97 Å². The molecule has 1 fully saturated rings. The second-order valence-corrected chi connectivity index (χ2v) is 8.47. The highest BCUT2D eigenvalue weighted by Gasteiger charge is 2.29. The molecule has 0 saturated carbocycles. The largest absolute Gasteiger partial charge is 0.502 e. The summed E-state index contributed by atoms with van der Waals surface area (Å²) in [6, 6.07) is 8.05. The average Bonchev–Trinajstić information content (AvgIpc) is 2.84. The lowest BCUT2D eigenvalue weighted by atomic mass is 9.92. The number of aromatic nitrogens is 1. The van der Waals surface area contributed by atoms with E-state index in [2.05, 4.69) is 9.88 Å². The number of carbonyl (C=O) groups excluding carboxylic acids is 1. The Kier molecular flexibility index (Phi) is 7.02. The summed E-state index contributed by atoms with van der Waals surface area (Å²) in [6.45, 7) is 2.17. The van der Waals surface area contributed by atoms with Crippen LogP contribution in [0.15, 0.2) is 44.3 Å². The lowest BCUT2D eigenvalue weighted by Gasteiger charge is -2.26. The Morgan fingerprint density at radius 3 is 2.62 bits per heavy atom. The molecule has 0 spiro atoms. The number of pyridine rings is 1. The molecule has 1 aliphatic heterocycles. The van der Waals surface area contributed by atoms with Crippen LogP contribution in [0.4, 0.5) is 0 Å². The molecule has 2 aromatic heterocycles. The zero-order valence-corrected chi connectivity index (χ0v) is 19.3. The summed E-state index contributed by atoms with van der Waals surface area (Å²) in [5.74, 6) is -1.43. The highest BCUT2D eigenvalue weighted by atomic mass is 16.5. The Morgan fingerprint density at radius 2 is 1.91 bits per heavy atom. The number of ether oxygens (including phenoxy) is 2. The van der Waals surface area contributed by atoms with Crippen molar-refractivity contribution in [3.05, 3.63) is 68.0 Å². The molecule has 0 aliphatic carbocycles. The smallest absolute Gasteiger partial charge is 0.306 e. The van der Waals surface area contributed by atoms with Gasteiger partial charge in [-0.2, -0.15) is 0 Å². The molecular formula is C25H28N2O7. The van der Waals surface area contributed by atoms with E-state index in [1.165, 1.54) is 20.3 Å². The minimum absolute atomic E-state index is 0.127. The summed E-state index contributed by atoms with van der Waals surface area (Å²) < 4.78 is 16.1. The van der Waals surface area contributed by atoms with Crippen molar-refractivity contribution in [2.75, 3.05) is 27.3 Å². The van der Waals surface area contributed by atoms with Crippen LogP contribution in [0.2, 0.25) is 0 Å². The highest BCUT2D eigenvalue weighted by molar-refractivity contribution is 5.81. The summed E-state index contributed by atoms with van der Waals surface area (Å²) >= 11 is 0. The summed E-state index contributed by atoms with van der Waals surface area (Å²) in [5.41, 5.74) is -0.340. The average molecular weight is 469 g/mol. The molecule has 0 bridgehead atoms. The summed E-state index contributed by atoms with van der Waals surface area (Å²) in [7, 11) is 2.77. The number of nitrogens with zero attached hydrogens (tertiary/aromatic N) is 1. The molecule has 3 heterocycles. The van der Waals surface area contributed by atoms with Gasteiger partial charge in [0.1, 0.15) is 11.5 Å². The van der Waals surface area contributed by atoms with Gasteiger partial charge in [-0.1, -0.05) is 6.42 Å². The van der Waals surface area contributed by atoms with E-state index in [9.17, 15) is 19.5 Å². The first-order valence-electron chi connectivity index (χ1n) is 11.3. The van der Waals surface area contributed by atoms with Gasteiger partial charge in [-0.05, 0) is 50.2 Å². The molecule has 9 heteroatoms. The van der Waals surface area contributed by atoms with E-state index in [0.29, 0.717) is 29.0 Å². The number of piperidine rings is 1. The van der Waals surface area contributed by atoms with E-state index in [1.54, 1.807) is 24.3 Å². The van der Waals surface area contributed by atoms with Gasteiger partial charge in [0.2, 0.25) is 11.2 Å². The number of benzene rings is 1. The van der Waals surface area contributed by atoms with E-state index in [-0.39, 0.29) is 17.7 Å². The van der Waals surface area contributed by atoms with E-state index < -0.39 is 28.6 Å². The summed E-state index contributed by atoms with van der Waals surface area (Å²) in [5, 5.41) is 11.3. The first-order chi connectivity index (χ1) is 16.4. The van der Waals surface area contributed by atoms with E-state index in [1.807, 2.05) is 0 Å². The lowest BCUT2D eigenvalue weighted by molar-refractivity contribution is -0.140. The third-order valence-electron chi connectivity index (χ3n) is 6.20. The van der Waals surface area contributed by atoms with Crippen LogP contribution in [0, 0.1) is 0 Å². The maximum atomic E-state index is 13.0. The molecule has 9 nitrogen and oxygen atoms in total. The maximum absolute atomic E-state index is 13.0. The number of H-pyrrole nitrogens is 1. The Hall–Kier alpha value is -3.59. The molecule has 1 saturated heterocycles. The van der Waals surface area contributed by atoms with E-state index in [4.69, 9.17) is 13.9 Å². The van der Waals surface area contributed by atoms with Crippen molar-refractivity contribution in [2.45, 2.75) is 38.1 Å². The van der Waals surface area contributed by atoms with Gasteiger partial charge in [0.25, 0.3) is 5.56 Å². The quantitative estimate of drug-likeness (QED) is 0.508. The number of esters is 1. The fourth-order valence-electron chi connectivity index (χ4n) is 4.39. The SMILES string of the molecule is COC(=O)C[C@@H](c1oc(CN2CCCCC2)cc(=O)c1O)c1cc2cc(OC)ccc2[nH]c1=O. The maximum Gasteiger partial charge on any atom is 0.306 e. The van der Waals surface area contributed by atoms with Crippen molar-refractivity contribution in [1.82, 2.24) is 9.88 Å². The van der Waals surface area contributed by atoms with Crippen LogP contribution in [0.5, 0.6) is 11.5 Å². The van der Waals surface area contributed by atoms with Gasteiger partial charge in [-0.25, -0.2) is 0 Å². The fourth-order valence-corrected chi connectivity index (χ4v) is 4.39. The lowest BCUT2D eigenvalue weighted by Crippen LogP contribution is -2.29. The van der Waals surface area contributed by atoms with Crippen LogP contribution in [-0.2, 0) is 16.1 Å². The van der Waals surface area contributed by atoms with Gasteiger partial charge in [-0.3, -0.25) is 19.3 Å². The van der Waals surface area contributed by atoms with Crippen molar-refractivity contribution in [2.24, 2.45) is 0 Å². The molecule has 180 valence electrons.